The van der Waals surface area contributed by atoms with Crippen LogP contribution in [0, 0.1) is 11.8 Å². The molecule has 3 nitrogen and oxygen atoms in total. The Morgan fingerprint density at radius 2 is 1.84 bits per heavy atom. The molecule has 1 amide bonds. The minimum atomic E-state index is -4.48. The third-order valence-electron chi connectivity index (χ3n) is 3.40. The molecule has 0 atom stereocenters. The van der Waals surface area contributed by atoms with Gasteiger partial charge in [0.15, 0.2) is 0 Å². The monoisotopic (exact) mass is 346 g/mol. The number of hydrogen-bond donors (Lipinski definition) is 1. The lowest BCUT2D eigenvalue weighted by Crippen LogP contribution is -2.24. The van der Waals surface area contributed by atoms with Crippen LogP contribution >= 0.6 is 0 Å². The molecule has 0 spiro atoms. The summed E-state index contributed by atoms with van der Waals surface area (Å²) < 4.78 is 38.0. The van der Waals surface area contributed by atoms with Crippen LogP contribution in [0.2, 0.25) is 0 Å². The first kappa shape index (κ1) is 18.4. The molecule has 25 heavy (non-hydrogen) atoms. The molecule has 6 heteroatoms. The third kappa shape index (κ3) is 5.01. The molecule has 0 unspecified atom stereocenters. The summed E-state index contributed by atoms with van der Waals surface area (Å²) >= 11 is 0. The van der Waals surface area contributed by atoms with E-state index in [0.29, 0.717) is 0 Å². The van der Waals surface area contributed by atoms with Crippen LogP contribution in [0.5, 0.6) is 0 Å². The van der Waals surface area contributed by atoms with Crippen molar-refractivity contribution in [2.45, 2.75) is 6.18 Å². The number of hydrogen-bond acceptors (Lipinski definition) is 2. The first-order valence-electron chi connectivity index (χ1n) is 7.49. The Balaban J connectivity index is 2.03. The zero-order valence-electron chi connectivity index (χ0n) is 13.8. The van der Waals surface area contributed by atoms with Crippen molar-refractivity contribution in [2.75, 3.05) is 25.5 Å². The van der Waals surface area contributed by atoms with Crippen LogP contribution in [0.25, 0.3) is 0 Å². The zero-order chi connectivity index (χ0) is 18.4. The number of alkyl halides is 3. The van der Waals surface area contributed by atoms with Crippen molar-refractivity contribution in [3.8, 4) is 11.8 Å². The molecule has 2 aromatic carbocycles. The van der Waals surface area contributed by atoms with Gasteiger partial charge in [-0.25, -0.2) is 0 Å². The third-order valence-corrected chi connectivity index (χ3v) is 3.40. The highest BCUT2D eigenvalue weighted by atomic mass is 19.4. The van der Waals surface area contributed by atoms with Gasteiger partial charge in [0.2, 0.25) is 0 Å². The largest absolute Gasteiger partial charge is 0.416 e. The van der Waals surface area contributed by atoms with E-state index < -0.39 is 17.6 Å². The van der Waals surface area contributed by atoms with Crippen LogP contribution in [-0.2, 0) is 6.18 Å². The Hall–Kier alpha value is -2.94. The van der Waals surface area contributed by atoms with E-state index in [9.17, 15) is 18.0 Å². The molecule has 0 radical (unpaired) electrons. The van der Waals surface area contributed by atoms with Crippen molar-refractivity contribution in [1.29, 1.82) is 0 Å². The average molecular weight is 346 g/mol. The Morgan fingerprint density at radius 1 is 1.12 bits per heavy atom. The van der Waals surface area contributed by atoms with Crippen LogP contribution in [-0.4, -0.2) is 26.5 Å². The molecule has 0 aliphatic rings. The predicted octanol–water partition coefficient (Wildman–Crippen LogP) is 3.55. The number of anilines is 1. The first-order chi connectivity index (χ1) is 11.8. The van der Waals surface area contributed by atoms with Crippen LogP contribution < -0.4 is 10.2 Å². The molecule has 0 bridgehead atoms. The van der Waals surface area contributed by atoms with Crippen molar-refractivity contribution in [1.82, 2.24) is 5.32 Å². The van der Waals surface area contributed by atoms with Crippen molar-refractivity contribution in [3.05, 3.63) is 65.2 Å². The highest BCUT2D eigenvalue weighted by Crippen LogP contribution is 2.29. The second kappa shape index (κ2) is 7.75. The fourth-order valence-electron chi connectivity index (χ4n) is 2.17. The molecule has 0 heterocycles. The van der Waals surface area contributed by atoms with Crippen LogP contribution in [0.3, 0.4) is 0 Å². The lowest BCUT2D eigenvalue weighted by Gasteiger charge is -2.13. The average Bonchev–Trinajstić information content (AvgIpc) is 2.58. The van der Waals surface area contributed by atoms with Gasteiger partial charge in [0.05, 0.1) is 17.8 Å². The maximum absolute atomic E-state index is 12.7. The molecule has 0 fully saturated rings. The van der Waals surface area contributed by atoms with Gasteiger partial charge in [-0.05, 0) is 30.3 Å². The van der Waals surface area contributed by atoms with Gasteiger partial charge in [0, 0.05) is 25.2 Å². The summed E-state index contributed by atoms with van der Waals surface area (Å²) in [6, 6.07) is 11.8. The van der Waals surface area contributed by atoms with Crippen molar-refractivity contribution in [3.63, 3.8) is 0 Å². The summed E-state index contributed by atoms with van der Waals surface area (Å²) in [5.74, 6) is 5.17. The van der Waals surface area contributed by atoms with Crippen molar-refractivity contribution < 1.29 is 18.0 Å². The summed E-state index contributed by atoms with van der Waals surface area (Å²) in [5.41, 5.74) is 0.844. The number of halogens is 3. The van der Waals surface area contributed by atoms with E-state index in [1.54, 1.807) is 0 Å². The molecule has 0 aliphatic carbocycles. The van der Waals surface area contributed by atoms with Gasteiger partial charge in [-0.3, -0.25) is 4.79 Å². The number of nitrogens with zero attached hydrogens (tertiary/aromatic N) is 1. The minimum Gasteiger partial charge on any atom is -0.377 e. The summed E-state index contributed by atoms with van der Waals surface area (Å²) in [4.78, 5) is 13.9. The number of rotatable bonds is 3. The van der Waals surface area contributed by atoms with Gasteiger partial charge in [0.25, 0.3) is 5.91 Å². The second-order valence-electron chi connectivity index (χ2n) is 5.47. The number of benzene rings is 2. The van der Waals surface area contributed by atoms with E-state index in [1.165, 1.54) is 12.1 Å². The van der Waals surface area contributed by atoms with E-state index in [-0.39, 0.29) is 12.1 Å². The summed E-state index contributed by atoms with van der Waals surface area (Å²) in [5, 5.41) is 2.50. The highest BCUT2D eigenvalue weighted by molar-refractivity contribution is 5.94. The van der Waals surface area contributed by atoms with E-state index in [4.69, 9.17) is 0 Å². The standard InChI is InChI=1S/C19H17F3N2O/c1-24(2)17-11-4-3-7-14(17)9-6-12-23-18(25)15-8-5-10-16(13-15)19(20,21)22/h3-5,7-8,10-11,13H,12H2,1-2H3,(H,23,25). The lowest BCUT2D eigenvalue weighted by molar-refractivity contribution is -0.137. The molecule has 1 N–H and O–H groups in total. The Labute approximate surface area is 144 Å². The summed E-state index contributed by atoms with van der Waals surface area (Å²) in [7, 11) is 3.80. The predicted molar refractivity (Wildman–Crippen MR) is 91.4 cm³/mol. The zero-order valence-corrected chi connectivity index (χ0v) is 13.8. The summed E-state index contributed by atoms with van der Waals surface area (Å²) in [6.07, 6.45) is -4.48. The summed E-state index contributed by atoms with van der Waals surface area (Å²) in [6.45, 7) is 0.0385. The van der Waals surface area contributed by atoms with Crippen molar-refractivity contribution >= 4 is 11.6 Å². The fraction of sp³-hybridized carbons (Fsp3) is 0.211. The van der Waals surface area contributed by atoms with Crippen LogP contribution in [0.1, 0.15) is 21.5 Å². The molecule has 0 saturated carbocycles. The second-order valence-corrected chi connectivity index (χ2v) is 5.47. The molecule has 0 saturated heterocycles. The van der Waals surface area contributed by atoms with E-state index in [2.05, 4.69) is 17.2 Å². The van der Waals surface area contributed by atoms with E-state index >= 15 is 0 Å². The number of nitrogens with one attached hydrogen (secondary N) is 1. The number of para-hydroxylation sites is 1. The van der Waals surface area contributed by atoms with Gasteiger partial charge in [-0.15, -0.1) is 0 Å². The SMILES string of the molecule is CN(C)c1ccccc1C#CCNC(=O)c1cccc(C(F)(F)F)c1. The molecule has 130 valence electrons. The number of amides is 1. The van der Waals surface area contributed by atoms with Crippen molar-refractivity contribution in [2.24, 2.45) is 0 Å². The van der Waals surface area contributed by atoms with E-state index in [0.717, 1.165) is 23.4 Å². The van der Waals surface area contributed by atoms with Gasteiger partial charge in [0.1, 0.15) is 0 Å². The number of carbonyl (C=O) groups excluding carboxylic acids is 1. The lowest BCUT2D eigenvalue weighted by atomic mass is 10.1. The van der Waals surface area contributed by atoms with Gasteiger partial charge >= 0.3 is 6.18 Å². The van der Waals surface area contributed by atoms with Crippen LogP contribution in [0.15, 0.2) is 48.5 Å². The maximum atomic E-state index is 12.7. The molecule has 0 aromatic heterocycles. The Bertz CT molecular complexity index is 817. The van der Waals surface area contributed by atoms with Gasteiger partial charge in [-0.1, -0.05) is 30.0 Å². The molecule has 2 rings (SSSR count). The Morgan fingerprint density at radius 3 is 2.52 bits per heavy atom. The topological polar surface area (TPSA) is 32.3 Å². The van der Waals surface area contributed by atoms with Gasteiger partial charge in [-0.2, -0.15) is 13.2 Å². The van der Waals surface area contributed by atoms with Crippen LogP contribution in [0.4, 0.5) is 18.9 Å². The quantitative estimate of drug-likeness (QED) is 0.862. The number of carbonyl (C=O) groups is 1. The molecule has 0 aliphatic heterocycles. The van der Waals surface area contributed by atoms with E-state index in [1.807, 2.05) is 43.3 Å². The Kier molecular flexibility index (Phi) is 5.71. The highest BCUT2D eigenvalue weighted by Gasteiger charge is 2.30. The fourth-order valence-corrected chi connectivity index (χ4v) is 2.17. The molecular formula is C19H17F3N2O. The molecular weight excluding hydrogens is 329 g/mol. The maximum Gasteiger partial charge on any atom is 0.416 e. The first-order valence-corrected chi connectivity index (χ1v) is 7.49. The molecule has 2 aromatic rings. The normalized spacial score (nSPS) is 10.6. The minimum absolute atomic E-state index is 0.0385. The smallest absolute Gasteiger partial charge is 0.377 e. The van der Waals surface area contributed by atoms with Gasteiger partial charge < -0.3 is 10.2 Å².